The molecule has 0 heterocycles. The molecule has 8 nitrogen and oxygen atoms in total. The van der Waals surface area contributed by atoms with Crippen LogP contribution in [0.25, 0.3) is 0 Å². The lowest BCUT2D eigenvalue weighted by molar-refractivity contribution is -0.384. The largest absolute Gasteiger partial charge is 0.485 e. The van der Waals surface area contributed by atoms with Crippen LogP contribution in [0.1, 0.15) is 25.7 Å². The summed E-state index contributed by atoms with van der Waals surface area (Å²) >= 11 is 0. The average Bonchev–Trinajstić information content (AvgIpc) is 2.41. The third-order valence-electron chi connectivity index (χ3n) is 3.42. The van der Waals surface area contributed by atoms with Crippen LogP contribution in [0.3, 0.4) is 0 Å². The van der Waals surface area contributed by atoms with Gasteiger partial charge in [0.25, 0.3) is 5.69 Å². The number of aliphatic hydroxyl groups excluding tert-OH is 1. The van der Waals surface area contributed by atoms with E-state index in [1.807, 2.05) is 0 Å². The molecule has 2 atom stereocenters. The Kier molecular flexibility index (Phi) is 4.87. The van der Waals surface area contributed by atoms with Crippen LogP contribution in [0.2, 0.25) is 0 Å². The minimum atomic E-state index is -3.55. The molecule has 1 aliphatic carbocycles. The first-order valence-corrected chi connectivity index (χ1v) is 8.76. The fourth-order valence-electron chi connectivity index (χ4n) is 2.38. The Morgan fingerprint density at radius 3 is 2.64 bits per heavy atom. The zero-order chi connectivity index (χ0) is 16.3. The van der Waals surface area contributed by atoms with Crippen LogP contribution < -0.4 is 9.46 Å². The fraction of sp³-hybridized carbons (Fsp3) is 0.538. The van der Waals surface area contributed by atoms with Crippen molar-refractivity contribution in [2.24, 2.45) is 0 Å². The molecule has 1 aliphatic rings. The van der Waals surface area contributed by atoms with Crippen molar-refractivity contribution in [3.05, 3.63) is 28.3 Å². The lowest BCUT2D eigenvalue weighted by Gasteiger charge is -2.28. The molecule has 0 bridgehead atoms. The van der Waals surface area contributed by atoms with E-state index in [1.165, 1.54) is 12.1 Å². The number of sulfonamides is 1. The van der Waals surface area contributed by atoms with Gasteiger partial charge >= 0.3 is 0 Å². The van der Waals surface area contributed by atoms with E-state index in [9.17, 15) is 23.6 Å². The lowest BCUT2D eigenvalue weighted by Crippen LogP contribution is -2.34. The summed E-state index contributed by atoms with van der Waals surface area (Å²) in [5.41, 5.74) is -0.0924. The maximum absolute atomic E-state index is 11.4. The highest BCUT2D eigenvalue weighted by Crippen LogP contribution is 2.33. The molecule has 2 unspecified atom stereocenters. The van der Waals surface area contributed by atoms with Gasteiger partial charge in [-0.1, -0.05) is 6.42 Å². The maximum atomic E-state index is 11.4. The van der Waals surface area contributed by atoms with Gasteiger partial charge in [0.05, 0.1) is 29.0 Å². The molecular formula is C13H18N2O6S. The van der Waals surface area contributed by atoms with Crippen LogP contribution in [-0.2, 0) is 10.0 Å². The SMILES string of the molecule is CS(=O)(=O)Nc1ccc([N+](=O)[O-])cc1OC1CCCCC1O. The molecule has 0 spiro atoms. The number of non-ortho nitro benzene ring substituents is 1. The van der Waals surface area contributed by atoms with Crippen molar-refractivity contribution >= 4 is 21.4 Å². The average molecular weight is 330 g/mol. The van der Waals surface area contributed by atoms with Gasteiger partial charge < -0.3 is 9.84 Å². The van der Waals surface area contributed by atoms with Gasteiger partial charge in [0.1, 0.15) is 6.10 Å². The monoisotopic (exact) mass is 330 g/mol. The van der Waals surface area contributed by atoms with Crippen molar-refractivity contribution in [3.8, 4) is 5.75 Å². The van der Waals surface area contributed by atoms with Gasteiger partial charge in [-0.25, -0.2) is 8.42 Å². The second kappa shape index (κ2) is 6.49. The Bertz CT molecular complexity index is 660. The van der Waals surface area contributed by atoms with Crippen molar-refractivity contribution in [1.82, 2.24) is 0 Å². The minimum absolute atomic E-state index is 0.0468. The number of nitrogens with zero attached hydrogens (tertiary/aromatic N) is 1. The van der Waals surface area contributed by atoms with Crippen LogP contribution in [0, 0.1) is 10.1 Å². The molecule has 22 heavy (non-hydrogen) atoms. The van der Waals surface area contributed by atoms with Crippen molar-refractivity contribution in [2.45, 2.75) is 37.9 Å². The number of rotatable bonds is 5. The minimum Gasteiger partial charge on any atom is -0.485 e. The van der Waals surface area contributed by atoms with Crippen LogP contribution >= 0.6 is 0 Å². The van der Waals surface area contributed by atoms with E-state index in [2.05, 4.69) is 4.72 Å². The molecule has 9 heteroatoms. The van der Waals surface area contributed by atoms with E-state index in [1.54, 1.807) is 0 Å². The predicted octanol–water partition coefficient (Wildman–Crippen LogP) is 1.65. The first-order chi connectivity index (χ1) is 10.3. The highest BCUT2D eigenvalue weighted by molar-refractivity contribution is 7.92. The normalized spacial score (nSPS) is 22.1. The molecule has 1 saturated carbocycles. The number of ether oxygens (including phenoxy) is 1. The molecule has 0 radical (unpaired) electrons. The van der Waals surface area contributed by atoms with Crippen molar-refractivity contribution in [1.29, 1.82) is 0 Å². The standard InChI is InChI=1S/C13H18N2O6S/c1-22(19,20)14-10-7-6-9(15(17)18)8-13(10)21-12-5-3-2-4-11(12)16/h6-8,11-12,14,16H,2-5H2,1H3. The zero-order valence-electron chi connectivity index (χ0n) is 12.1. The molecule has 0 saturated heterocycles. The van der Waals surface area contributed by atoms with E-state index < -0.39 is 27.2 Å². The van der Waals surface area contributed by atoms with Gasteiger partial charge in [0, 0.05) is 6.07 Å². The maximum Gasteiger partial charge on any atom is 0.273 e. The number of aliphatic hydroxyl groups is 1. The van der Waals surface area contributed by atoms with Gasteiger partial charge in [-0.3, -0.25) is 14.8 Å². The Balaban J connectivity index is 2.32. The molecule has 0 amide bonds. The Hall–Kier alpha value is -1.87. The van der Waals surface area contributed by atoms with E-state index >= 15 is 0 Å². The Morgan fingerprint density at radius 1 is 1.36 bits per heavy atom. The van der Waals surface area contributed by atoms with E-state index in [0.29, 0.717) is 12.8 Å². The quantitative estimate of drug-likeness (QED) is 0.626. The van der Waals surface area contributed by atoms with E-state index in [0.717, 1.165) is 25.2 Å². The summed E-state index contributed by atoms with van der Waals surface area (Å²) in [6, 6.07) is 3.64. The molecule has 1 aromatic carbocycles. The predicted molar refractivity (Wildman–Crippen MR) is 80.5 cm³/mol. The summed E-state index contributed by atoms with van der Waals surface area (Å²) in [5.74, 6) is 0.0468. The number of nitro groups is 1. The fourth-order valence-corrected chi connectivity index (χ4v) is 2.95. The molecule has 0 aromatic heterocycles. The molecular weight excluding hydrogens is 312 g/mol. The highest BCUT2D eigenvalue weighted by atomic mass is 32.2. The second-order valence-electron chi connectivity index (χ2n) is 5.32. The van der Waals surface area contributed by atoms with Crippen LogP contribution in [0.4, 0.5) is 11.4 Å². The summed E-state index contributed by atoms with van der Waals surface area (Å²) in [6.07, 6.45) is 2.79. The molecule has 2 rings (SSSR count). The van der Waals surface area contributed by atoms with Gasteiger partial charge in [0.2, 0.25) is 10.0 Å². The lowest BCUT2D eigenvalue weighted by atomic mass is 9.95. The third kappa shape index (κ3) is 4.31. The number of nitro benzene ring substituents is 1. The van der Waals surface area contributed by atoms with Crippen molar-refractivity contribution in [2.75, 3.05) is 11.0 Å². The topological polar surface area (TPSA) is 119 Å². The molecule has 1 fully saturated rings. The number of benzene rings is 1. The van der Waals surface area contributed by atoms with Crippen LogP contribution in [-0.4, -0.2) is 36.9 Å². The number of anilines is 1. The molecule has 2 N–H and O–H groups in total. The van der Waals surface area contributed by atoms with Crippen molar-refractivity contribution < 1.29 is 23.2 Å². The zero-order valence-corrected chi connectivity index (χ0v) is 12.9. The van der Waals surface area contributed by atoms with E-state index in [4.69, 9.17) is 4.74 Å². The van der Waals surface area contributed by atoms with Crippen LogP contribution in [0.15, 0.2) is 18.2 Å². The number of hydrogen-bond donors (Lipinski definition) is 2. The summed E-state index contributed by atoms with van der Waals surface area (Å²) in [4.78, 5) is 10.3. The molecule has 122 valence electrons. The Morgan fingerprint density at radius 2 is 2.05 bits per heavy atom. The molecule has 0 aliphatic heterocycles. The van der Waals surface area contributed by atoms with E-state index in [-0.39, 0.29) is 17.1 Å². The van der Waals surface area contributed by atoms with Gasteiger partial charge in [-0.15, -0.1) is 0 Å². The van der Waals surface area contributed by atoms with Gasteiger partial charge in [-0.2, -0.15) is 0 Å². The summed E-state index contributed by atoms with van der Waals surface area (Å²) in [6.45, 7) is 0. The van der Waals surface area contributed by atoms with Crippen LogP contribution in [0.5, 0.6) is 5.75 Å². The Labute approximate surface area is 128 Å². The number of nitrogens with one attached hydrogen (secondary N) is 1. The third-order valence-corrected chi connectivity index (χ3v) is 4.01. The molecule has 1 aromatic rings. The summed E-state index contributed by atoms with van der Waals surface area (Å²) in [5, 5.41) is 20.8. The smallest absolute Gasteiger partial charge is 0.273 e. The van der Waals surface area contributed by atoms with Crippen molar-refractivity contribution in [3.63, 3.8) is 0 Å². The first kappa shape index (κ1) is 16.5. The first-order valence-electron chi connectivity index (χ1n) is 6.87. The highest BCUT2D eigenvalue weighted by Gasteiger charge is 2.26. The second-order valence-corrected chi connectivity index (χ2v) is 7.07. The number of hydrogen-bond acceptors (Lipinski definition) is 6. The summed E-state index contributed by atoms with van der Waals surface area (Å²) < 4.78 is 30.7. The van der Waals surface area contributed by atoms with Gasteiger partial charge in [-0.05, 0) is 25.3 Å². The summed E-state index contributed by atoms with van der Waals surface area (Å²) in [7, 11) is -3.55. The van der Waals surface area contributed by atoms with Gasteiger partial charge in [0.15, 0.2) is 5.75 Å².